The molecule has 1 aliphatic heterocycles. The minimum absolute atomic E-state index is 0.199. The highest BCUT2D eigenvalue weighted by atomic mass is 32.2. The van der Waals surface area contributed by atoms with Crippen LogP contribution in [0.2, 0.25) is 0 Å². The van der Waals surface area contributed by atoms with Gasteiger partial charge >= 0.3 is 0 Å². The molecule has 0 unspecified atom stereocenters. The maximum atomic E-state index is 13.2. The fourth-order valence-electron chi connectivity index (χ4n) is 3.87. The molecule has 2 heterocycles. The van der Waals surface area contributed by atoms with Crippen molar-refractivity contribution in [3.63, 3.8) is 0 Å². The number of anilines is 1. The van der Waals surface area contributed by atoms with Crippen LogP contribution in [0.15, 0.2) is 82.7 Å². The summed E-state index contributed by atoms with van der Waals surface area (Å²) in [5.41, 5.74) is 2.37. The van der Waals surface area contributed by atoms with Crippen molar-refractivity contribution < 1.29 is 8.42 Å². The molecule has 1 fully saturated rings. The minimum Gasteiger partial charge on any atom is -0.293 e. The first-order chi connectivity index (χ1) is 15.5. The number of pyridine rings is 1. The van der Waals surface area contributed by atoms with E-state index in [-0.39, 0.29) is 6.04 Å². The number of hydrogen-bond donors (Lipinski definition) is 0. The molecule has 0 atom stereocenters. The molecule has 168 valence electrons. The summed E-state index contributed by atoms with van der Waals surface area (Å²) in [7, 11) is -3.47. The van der Waals surface area contributed by atoms with Gasteiger partial charge in [-0.25, -0.2) is 13.4 Å². The second-order valence-electron chi connectivity index (χ2n) is 8.05. The molecule has 4 rings (SSSR count). The van der Waals surface area contributed by atoms with Gasteiger partial charge < -0.3 is 0 Å². The number of hydrogen-bond acceptors (Lipinski definition) is 5. The Morgan fingerprint density at radius 2 is 1.69 bits per heavy atom. The van der Waals surface area contributed by atoms with Crippen molar-refractivity contribution in [2.75, 3.05) is 17.4 Å². The topological polar surface area (TPSA) is 53.5 Å². The largest absolute Gasteiger partial charge is 0.293 e. The Hall–Kier alpha value is -2.35. The second-order valence-corrected chi connectivity index (χ2v) is 11.0. The summed E-state index contributed by atoms with van der Waals surface area (Å²) in [6.07, 6.45) is 4.20. The number of piperidine rings is 1. The Balaban J connectivity index is 1.49. The Kier molecular flexibility index (Phi) is 7.18. The van der Waals surface area contributed by atoms with Crippen molar-refractivity contribution in [2.24, 2.45) is 0 Å². The maximum absolute atomic E-state index is 13.2. The molecule has 0 bridgehead atoms. The van der Waals surface area contributed by atoms with Crippen molar-refractivity contribution in [1.29, 1.82) is 0 Å². The van der Waals surface area contributed by atoms with Crippen LogP contribution in [-0.4, -0.2) is 36.8 Å². The lowest BCUT2D eigenvalue weighted by molar-refractivity contribution is 0.322. The third-order valence-corrected chi connectivity index (χ3v) is 8.90. The molecule has 5 nitrogen and oxygen atoms in total. The van der Waals surface area contributed by atoms with Gasteiger partial charge in [-0.1, -0.05) is 42.8 Å². The van der Waals surface area contributed by atoms with Gasteiger partial charge in [0.25, 0.3) is 0 Å². The van der Waals surface area contributed by atoms with E-state index in [1.54, 1.807) is 34.6 Å². The molecule has 2 aromatic carbocycles. The van der Waals surface area contributed by atoms with E-state index in [1.165, 1.54) is 5.56 Å². The fraction of sp³-hybridized carbons (Fsp3) is 0.320. The van der Waals surface area contributed by atoms with Crippen LogP contribution in [0.4, 0.5) is 5.82 Å². The van der Waals surface area contributed by atoms with Gasteiger partial charge in [0.05, 0.1) is 4.90 Å². The van der Waals surface area contributed by atoms with Gasteiger partial charge in [-0.2, -0.15) is 4.31 Å². The van der Waals surface area contributed by atoms with Gasteiger partial charge in [-0.15, -0.1) is 0 Å². The lowest BCUT2D eigenvalue weighted by Crippen LogP contribution is -2.45. The first kappa shape index (κ1) is 22.8. The third-order valence-electron chi connectivity index (χ3n) is 5.82. The quantitative estimate of drug-likeness (QED) is 0.440. The molecule has 0 saturated carbocycles. The minimum atomic E-state index is -3.47. The van der Waals surface area contributed by atoms with Gasteiger partial charge in [0.2, 0.25) is 10.0 Å². The van der Waals surface area contributed by atoms with Crippen molar-refractivity contribution in [1.82, 2.24) is 9.29 Å². The van der Waals surface area contributed by atoms with E-state index in [1.807, 2.05) is 30.3 Å². The molecule has 0 aliphatic carbocycles. The zero-order valence-corrected chi connectivity index (χ0v) is 20.1. The van der Waals surface area contributed by atoms with Gasteiger partial charge in [0, 0.05) is 30.2 Å². The van der Waals surface area contributed by atoms with Crippen molar-refractivity contribution in [3.8, 4) is 0 Å². The normalized spacial score (nSPS) is 15.6. The zero-order valence-electron chi connectivity index (χ0n) is 18.5. The highest BCUT2D eigenvalue weighted by Crippen LogP contribution is 2.34. The van der Waals surface area contributed by atoms with E-state index in [4.69, 9.17) is 0 Å². The second kappa shape index (κ2) is 10.1. The average molecular weight is 468 g/mol. The molecule has 1 saturated heterocycles. The Morgan fingerprint density at radius 3 is 2.28 bits per heavy atom. The summed E-state index contributed by atoms with van der Waals surface area (Å²) in [4.78, 5) is 6.10. The molecule has 3 aromatic rings. The van der Waals surface area contributed by atoms with Crippen LogP contribution in [0.1, 0.15) is 30.9 Å². The summed E-state index contributed by atoms with van der Waals surface area (Å²) >= 11 is 1.67. The third kappa shape index (κ3) is 5.17. The number of rotatable bonds is 7. The van der Waals surface area contributed by atoms with Gasteiger partial charge in [0.15, 0.2) is 0 Å². The monoisotopic (exact) mass is 467 g/mol. The smallest absolute Gasteiger partial charge is 0.243 e. The Morgan fingerprint density at radius 1 is 1.00 bits per heavy atom. The van der Waals surface area contributed by atoms with Crippen LogP contribution in [0.25, 0.3) is 0 Å². The molecule has 0 radical (unpaired) electrons. The van der Waals surface area contributed by atoms with E-state index < -0.39 is 10.0 Å². The van der Waals surface area contributed by atoms with Crippen LogP contribution in [0.3, 0.4) is 0 Å². The van der Waals surface area contributed by atoms with E-state index in [0.717, 1.165) is 35.5 Å². The maximum Gasteiger partial charge on any atom is 0.243 e. The first-order valence-corrected chi connectivity index (χ1v) is 13.2. The lowest BCUT2D eigenvalue weighted by Gasteiger charge is -2.37. The van der Waals surface area contributed by atoms with E-state index >= 15 is 0 Å². The van der Waals surface area contributed by atoms with E-state index in [2.05, 4.69) is 47.4 Å². The highest BCUT2D eigenvalue weighted by molar-refractivity contribution is 8.00. The summed E-state index contributed by atoms with van der Waals surface area (Å²) < 4.78 is 30.2. The average Bonchev–Trinajstić information content (AvgIpc) is 2.84. The molecule has 0 N–H and O–H groups in total. The molecule has 7 heteroatoms. The molecule has 32 heavy (non-hydrogen) atoms. The number of aromatic nitrogens is 1. The predicted octanol–water partition coefficient (Wildman–Crippen LogP) is 5.32. The highest BCUT2D eigenvalue weighted by Gasteiger charge is 2.32. The van der Waals surface area contributed by atoms with Crippen molar-refractivity contribution in [3.05, 3.63) is 84.1 Å². The van der Waals surface area contributed by atoms with Crippen LogP contribution in [0.5, 0.6) is 0 Å². The Labute approximate surface area is 195 Å². The number of benzene rings is 2. The lowest BCUT2D eigenvalue weighted by atomic mass is 10.1. The molecular weight excluding hydrogens is 438 g/mol. The summed E-state index contributed by atoms with van der Waals surface area (Å²) in [6.45, 7) is 5.15. The molecule has 1 aromatic heterocycles. The standard InChI is InChI=1S/C25H29N3O2S2/c1-3-21-9-13-24(14-10-21)32(29,30)27-18-15-22(16-19-27)28(25-6-4-5-17-26-25)31-23-11-7-20(2)8-12-23/h4-14,17,22H,3,15-16,18-19H2,1-2H3. The molecule has 0 spiro atoms. The SMILES string of the molecule is CCc1ccc(S(=O)(=O)N2CCC(N(Sc3ccc(C)cc3)c3ccccn3)CC2)cc1. The summed E-state index contributed by atoms with van der Waals surface area (Å²) in [5, 5.41) is 0. The summed E-state index contributed by atoms with van der Waals surface area (Å²) in [5.74, 6) is 0.898. The molecule has 1 aliphatic rings. The van der Waals surface area contributed by atoms with Crippen LogP contribution in [-0.2, 0) is 16.4 Å². The summed E-state index contributed by atoms with van der Waals surface area (Å²) in [6, 6.07) is 21.8. The fourth-order valence-corrected chi connectivity index (χ4v) is 6.38. The van der Waals surface area contributed by atoms with Crippen LogP contribution in [0, 0.1) is 6.92 Å². The van der Waals surface area contributed by atoms with Gasteiger partial charge in [-0.3, -0.25) is 4.31 Å². The Bertz CT molecular complexity index is 1110. The van der Waals surface area contributed by atoms with Gasteiger partial charge in [-0.05, 0) is 80.1 Å². The molecule has 0 amide bonds. The van der Waals surface area contributed by atoms with Crippen LogP contribution >= 0.6 is 11.9 Å². The number of aryl methyl sites for hydroxylation is 2. The van der Waals surface area contributed by atoms with Crippen molar-refractivity contribution >= 4 is 27.8 Å². The molecular formula is C25H29N3O2S2. The first-order valence-electron chi connectivity index (χ1n) is 11.0. The predicted molar refractivity (Wildman–Crippen MR) is 131 cm³/mol. The van der Waals surface area contributed by atoms with Gasteiger partial charge in [0.1, 0.15) is 5.82 Å². The number of sulfonamides is 1. The zero-order chi connectivity index (χ0) is 22.6. The van der Waals surface area contributed by atoms with Crippen molar-refractivity contribution in [2.45, 2.75) is 48.9 Å². The van der Waals surface area contributed by atoms with E-state index in [9.17, 15) is 8.42 Å². The number of nitrogens with zero attached hydrogens (tertiary/aromatic N) is 3. The van der Waals surface area contributed by atoms with Crippen LogP contribution < -0.4 is 4.31 Å². The van der Waals surface area contributed by atoms with E-state index in [0.29, 0.717) is 18.0 Å².